The molecule has 154 valence electrons. The molecule has 4 rings (SSSR count). The van der Waals surface area contributed by atoms with Crippen LogP contribution in [0.15, 0.2) is 72.1 Å². The summed E-state index contributed by atoms with van der Waals surface area (Å²) in [6.07, 6.45) is 3.63. The van der Waals surface area contributed by atoms with Gasteiger partial charge >= 0.3 is 0 Å². The Morgan fingerprint density at radius 1 is 1.07 bits per heavy atom. The van der Waals surface area contributed by atoms with Crippen LogP contribution in [0.5, 0.6) is 0 Å². The van der Waals surface area contributed by atoms with Crippen LogP contribution in [0, 0.1) is 0 Å². The summed E-state index contributed by atoms with van der Waals surface area (Å²) >= 11 is 0.342. The number of para-hydroxylation sites is 2. The summed E-state index contributed by atoms with van der Waals surface area (Å²) in [5.41, 5.74) is 3.29. The summed E-state index contributed by atoms with van der Waals surface area (Å²) in [6.45, 7) is 0.954. The van der Waals surface area contributed by atoms with Gasteiger partial charge in [0.1, 0.15) is 6.54 Å². The smallest absolute Gasteiger partial charge is 0.291 e. The molecule has 0 radical (unpaired) electrons. The first-order valence-corrected chi connectivity index (χ1v) is 10.2. The molecule has 0 fully saturated rings. The van der Waals surface area contributed by atoms with Gasteiger partial charge in [-0.1, -0.05) is 36.4 Å². The van der Waals surface area contributed by atoms with E-state index in [4.69, 9.17) is 0 Å². The normalized spacial score (nSPS) is 11.3. The highest BCUT2D eigenvalue weighted by Gasteiger charge is 2.17. The molecule has 2 aromatic carbocycles. The van der Waals surface area contributed by atoms with Gasteiger partial charge in [0.05, 0.1) is 17.6 Å². The highest BCUT2D eigenvalue weighted by Crippen LogP contribution is 2.28. The van der Waals surface area contributed by atoms with Crippen molar-refractivity contribution in [3.8, 4) is 0 Å². The van der Waals surface area contributed by atoms with Gasteiger partial charge in [-0.25, -0.2) is 4.98 Å². The van der Waals surface area contributed by atoms with Crippen molar-refractivity contribution in [2.45, 2.75) is 30.5 Å². The zero-order chi connectivity index (χ0) is 20.9. The Hall–Kier alpha value is -3.20. The first-order valence-electron chi connectivity index (χ1n) is 9.30. The number of imidazole rings is 1. The van der Waals surface area contributed by atoms with Crippen LogP contribution in [0.2, 0.25) is 0 Å². The van der Waals surface area contributed by atoms with E-state index >= 15 is 0 Å². The van der Waals surface area contributed by atoms with Crippen LogP contribution in [0.4, 0.5) is 8.78 Å². The van der Waals surface area contributed by atoms with E-state index in [2.05, 4.69) is 15.4 Å². The topological polar surface area (TPSA) is 64.7 Å². The van der Waals surface area contributed by atoms with Crippen molar-refractivity contribution in [1.29, 1.82) is 0 Å². The molecular formula is C21H19F2N5OS. The number of nitrogens with zero attached hydrogens (tertiary/aromatic N) is 4. The van der Waals surface area contributed by atoms with Gasteiger partial charge in [-0.2, -0.15) is 13.9 Å². The summed E-state index contributed by atoms with van der Waals surface area (Å²) in [6, 6.07) is 16.8. The van der Waals surface area contributed by atoms with Crippen LogP contribution in [-0.2, 0) is 24.4 Å². The van der Waals surface area contributed by atoms with Crippen LogP contribution in [0.1, 0.15) is 11.1 Å². The number of carbonyl (C=O) groups excluding carboxylic acids is 1. The largest absolute Gasteiger partial charge is 0.350 e. The van der Waals surface area contributed by atoms with Crippen molar-refractivity contribution in [2.75, 3.05) is 0 Å². The minimum Gasteiger partial charge on any atom is -0.350 e. The number of hydrogen-bond donors (Lipinski definition) is 1. The number of thioether (sulfide) groups is 1. The second-order valence-corrected chi connectivity index (χ2v) is 7.60. The summed E-state index contributed by atoms with van der Waals surface area (Å²) in [5.74, 6) is -2.88. The van der Waals surface area contributed by atoms with E-state index in [1.54, 1.807) is 30.5 Å². The third-order valence-corrected chi connectivity index (χ3v) is 5.23. The Bertz CT molecular complexity index is 1130. The Kier molecular flexibility index (Phi) is 6.08. The van der Waals surface area contributed by atoms with Crippen molar-refractivity contribution in [1.82, 2.24) is 24.6 Å². The highest BCUT2D eigenvalue weighted by molar-refractivity contribution is 7.99. The van der Waals surface area contributed by atoms with Crippen LogP contribution in [0.25, 0.3) is 11.0 Å². The predicted octanol–water partition coefficient (Wildman–Crippen LogP) is 3.91. The summed E-state index contributed by atoms with van der Waals surface area (Å²) in [7, 11) is 0. The number of halogens is 2. The molecule has 0 bridgehead atoms. The second-order valence-electron chi connectivity index (χ2n) is 6.64. The minimum atomic E-state index is -2.61. The molecule has 0 aliphatic heterocycles. The number of aromatic nitrogens is 4. The lowest BCUT2D eigenvalue weighted by Gasteiger charge is -2.10. The Morgan fingerprint density at radius 2 is 1.83 bits per heavy atom. The Labute approximate surface area is 175 Å². The fourth-order valence-electron chi connectivity index (χ4n) is 3.12. The van der Waals surface area contributed by atoms with E-state index in [-0.39, 0.29) is 17.6 Å². The molecule has 0 atom stereocenters. The average Bonchev–Trinajstić information content (AvgIpc) is 3.35. The van der Waals surface area contributed by atoms with Gasteiger partial charge in [0.25, 0.3) is 5.76 Å². The van der Waals surface area contributed by atoms with Gasteiger partial charge in [-0.05, 0) is 41.1 Å². The number of benzene rings is 2. The lowest BCUT2D eigenvalue weighted by molar-refractivity contribution is -0.121. The zero-order valence-corrected chi connectivity index (χ0v) is 16.7. The summed E-state index contributed by atoms with van der Waals surface area (Å²) < 4.78 is 29.1. The number of carbonyl (C=O) groups is 1. The zero-order valence-electron chi connectivity index (χ0n) is 15.9. The molecule has 30 heavy (non-hydrogen) atoms. The fourth-order valence-corrected chi connectivity index (χ4v) is 3.72. The number of amides is 1. The van der Waals surface area contributed by atoms with Gasteiger partial charge in [0.15, 0.2) is 5.16 Å². The Morgan fingerprint density at radius 3 is 2.57 bits per heavy atom. The maximum atomic E-state index is 12.9. The van der Waals surface area contributed by atoms with E-state index in [0.29, 0.717) is 35.9 Å². The van der Waals surface area contributed by atoms with Crippen molar-refractivity contribution in [3.63, 3.8) is 0 Å². The first kappa shape index (κ1) is 20.1. The van der Waals surface area contributed by atoms with Crippen LogP contribution < -0.4 is 5.32 Å². The number of rotatable bonds is 8. The maximum Gasteiger partial charge on any atom is 0.291 e. The van der Waals surface area contributed by atoms with Crippen molar-refractivity contribution in [3.05, 3.63) is 78.1 Å². The lowest BCUT2D eigenvalue weighted by atomic mass is 10.1. The molecule has 2 aromatic heterocycles. The molecule has 1 N–H and O–H groups in total. The first-order chi connectivity index (χ1) is 14.6. The summed E-state index contributed by atoms with van der Waals surface area (Å²) in [5, 5.41) is 7.15. The van der Waals surface area contributed by atoms with Gasteiger partial charge in [-0.15, -0.1) is 0 Å². The third-order valence-electron chi connectivity index (χ3n) is 4.53. The van der Waals surface area contributed by atoms with E-state index in [1.807, 2.05) is 41.2 Å². The molecule has 1 amide bonds. The Balaban J connectivity index is 1.39. The molecule has 0 unspecified atom stereocenters. The lowest BCUT2D eigenvalue weighted by Crippen LogP contribution is -2.27. The van der Waals surface area contributed by atoms with Crippen LogP contribution in [-0.4, -0.2) is 31.0 Å². The molecule has 4 aromatic rings. The van der Waals surface area contributed by atoms with E-state index in [1.165, 1.54) is 4.57 Å². The van der Waals surface area contributed by atoms with Gasteiger partial charge < -0.3 is 9.88 Å². The van der Waals surface area contributed by atoms with E-state index in [9.17, 15) is 13.6 Å². The molecule has 0 spiro atoms. The van der Waals surface area contributed by atoms with Gasteiger partial charge in [0, 0.05) is 18.9 Å². The fraction of sp³-hybridized carbons (Fsp3) is 0.190. The monoisotopic (exact) mass is 427 g/mol. The van der Waals surface area contributed by atoms with Crippen molar-refractivity contribution < 1.29 is 13.6 Å². The number of hydrogen-bond acceptors (Lipinski definition) is 4. The van der Waals surface area contributed by atoms with Crippen LogP contribution >= 0.6 is 11.8 Å². The third kappa shape index (κ3) is 4.85. The number of alkyl halides is 2. The standard InChI is InChI=1S/C21H19F2N5OS/c22-20(23)30-21-26-17-4-1-2-5-18(17)28(21)14-19(29)24-12-15-6-8-16(9-7-15)13-27-11-3-10-25-27/h1-11,20H,12-14H2,(H,24,29). The maximum absolute atomic E-state index is 12.9. The van der Waals surface area contributed by atoms with Crippen molar-refractivity contribution >= 4 is 28.7 Å². The van der Waals surface area contributed by atoms with E-state index < -0.39 is 5.76 Å². The highest BCUT2D eigenvalue weighted by atomic mass is 32.2. The molecule has 0 saturated heterocycles. The summed E-state index contributed by atoms with van der Waals surface area (Å²) in [4.78, 5) is 16.7. The number of fused-ring (bicyclic) bond motifs is 1. The number of nitrogens with one attached hydrogen (secondary N) is 1. The molecule has 6 nitrogen and oxygen atoms in total. The molecule has 2 heterocycles. The molecule has 0 aliphatic rings. The van der Waals surface area contributed by atoms with Crippen molar-refractivity contribution in [2.24, 2.45) is 0 Å². The quantitative estimate of drug-likeness (QED) is 0.433. The molecule has 9 heteroatoms. The minimum absolute atomic E-state index is 0.0764. The average molecular weight is 427 g/mol. The molecular weight excluding hydrogens is 408 g/mol. The van der Waals surface area contributed by atoms with Crippen LogP contribution in [0.3, 0.4) is 0 Å². The van der Waals surface area contributed by atoms with Gasteiger partial charge in [0.2, 0.25) is 5.91 Å². The van der Waals surface area contributed by atoms with Gasteiger partial charge in [-0.3, -0.25) is 9.48 Å². The predicted molar refractivity (Wildman–Crippen MR) is 111 cm³/mol. The molecule has 0 aliphatic carbocycles. The SMILES string of the molecule is O=C(Cn1c(SC(F)F)nc2ccccc21)NCc1ccc(Cn2cccn2)cc1. The van der Waals surface area contributed by atoms with E-state index in [0.717, 1.165) is 11.1 Å². The second kappa shape index (κ2) is 9.08. The molecule has 0 saturated carbocycles.